The molecular weight excluding hydrogens is 438 g/mol. The van der Waals surface area contributed by atoms with Crippen LogP contribution in [0.15, 0.2) is 41.3 Å². The lowest BCUT2D eigenvalue weighted by molar-refractivity contribution is -0.125. The molecule has 5 rings (SSSR count). The maximum atomic E-state index is 12.1. The van der Waals surface area contributed by atoms with E-state index in [9.17, 15) is 9.90 Å². The number of hydrogen-bond acceptors (Lipinski definition) is 5. The molecular formula is C29H37N3O3. The number of amides is 1. The molecule has 0 radical (unpaired) electrons. The molecule has 6 heteroatoms. The van der Waals surface area contributed by atoms with Gasteiger partial charge < -0.3 is 15.3 Å². The fraction of sp³-hybridized carbons (Fsp3) is 0.621. The van der Waals surface area contributed by atoms with Crippen LogP contribution in [0.3, 0.4) is 0 Å². The molecule has 0 unspecified atom stereocenters. The van der Waals surface area contributed by atoms with Crippen molar-refractivity contribution < 1.29 is 14.7 Å². The van der Waals surface area contributed by atoms with E-state index in [1.54, 1.807) is 12.4 Å². The zero-order chi connectivity index (χ0) is 24.7. The Hall–Kier alpha value is -2.65. The van der Waals surface area contributed by atoms with Crippen LogP contribution in [0.25, 0.3) is 0 Å². The second kappa shape index (κ2) is 9.09. The van der Waals surface area contributed by atoms with Gasteiger partial charge in [0.25, 0.3) is 5.91 Å². The highest BCUT2D eigenvalue weighted by Crippen LogP contribution is 2.67. The van der Waals surface area contributed by atoms with Gasteiger partial charge in [-0.25, -0.2) is 0 Å². The van der Waals surface area contributed by atoms with Gasteiger partial charge >= 0.3 is 0 Å². The minimum absolute atomic E-state index is 0.0852. The molecule has 0 aromatic carbocycles. The highest BCUT2D eigenvalue weighted by atomic mass is 16.6. The van der Waals surface area contributed by atoms with E-state index in [0.29, 0.717) is 24.3 Å². The average Bonchev–Trinajstić information content (AvgIpc) is 3.14. The number of carbonyl (C=O) groups is 1. The lowest BCUT2D eigenvalue weighted by Crippen LogP contribution is -2.54. The van der Waals surface area contributed by atoms with Crippen LogP contribution in [-0.2, 0) is 16.2 Å². The molecule has 6 atom stereocenters. The number of aliphatic hydroxyl groups is 1. The molecule has 4 aliphatic rings. The van der Waals surface area contributed by atoms with Gasteiger partial charge in [-0.1, -0.05) is 30.5 Å². The van der Waals surface area contributed by atoms with Crippen LogP contribution in [0, 0.1) is 40.9 Å². The first kappa shape index (κ1) is 24.1. The van der Waals surface area contributed by atoms with Crippen molar-refractivity contribution in [1.29, 1.82) is 0 Å². The van der Waals surface area contributed by atoms with Gasteiger partial charge in [0.05, 0.1) is 5.71 Å². The Kier molecular flexibility index (Phi) is 6.25. The van der Waals surface area contributed by atoms with E-state index in [0.717, 1.165) is 62.6 Å². The summed E-state index contributed by atoms with van der Waals surface area (Å²) in [4.78, 5) is 21.5. The van der Waals surface area contributed by atoms with Crippen LogP contribution in [0.2, 0.25) is 0 Å². The molecule has 186 valence electrons. The fourth-order valence-corrected chi connectivity index (χ4v) is 7.82. The minimum atomic E-state index is -0.950. The van der Waals surface area contributed by atoms with Crippen molar-refractivity contribution in [3.63, 3.8) is 0 Å². The van der Waals surface area contributed by atoms with Crippen molar-refractivity contribution in [1.82, 2.24) is 10.3 Å². The molecule has 1 amide bonds. The van der Waals surface area contributed by atoms with E-state index in [1.807, 2.05) is 12.1 Å². The number of carbonyl (C=O) groups excluding carboxylic acids is 1. The number of nitrogens with zero attached hydrogens (tertiary/aromatic N) is 2. The number of rotatable bonds is 5. The number of fused-ring (bicyclic) bond motifs is 5. The highest BCUT2D eigenvalue weighted by molar-refractivity contribution is 5.96. The Bertz CT molecular complexity index is 1080. The third kappa shape index (κ3) is 4.08. The van der Waals surface area contributed by atoms with Gasteiger partial charge in [0.2, 0.25) is 0 Å². The van der Waals surface area contributed by atoms with E-state index < -0.39 is 5.60 Å². The van der Waals surface area contributed by atoms with Crippen molar-refractivity contribution >= 4 is 11.6 Å². The van der Waals surface area contributed by atoms with Crippen LogP contribution in [-0.4, -0.2) is 33.9 Å². The Morgan fingerprint density at radius 3 is 2.74 bits per heavy atom. The number of oxime groups is 1. The number of aromatic nitrogens is 1. The number of terminal acetylenes is 1. The Labute approximate surface area is 208 Å². The van der Waals surface area contributed by atoms with Gasteiger partial charge in [-0.2, -0.15) is 0 Å². The zero-order valence-corrected chi connectivity index (χ0v) is 20.9. The van der Waals surface area contributed by atoms with Crippen molar-refractivity contribution in [2.45, 2.75) is 77.4 Å². The fourth-order valence-electron chi connectivity index (χ4n) is 7.82. The van der Waals surface area contributed by atoms with Gasteiger partial charge in [0.1, 0.15) is 5.60 Å². The van der Waals surface area contributed by atoms with Crippen molar-refractivity contribution in [3.8, 4) is 12.3 Å². The van der Waals surface area contributed by atoms with E-state index in [2.05, 4.69) is 41.3 Å². The van der Waals surface area contributed by atoms with Crippen LogP contribution in [0.1, 0.15) is 70.8 Å². The van der Waals surface area contributed by atoms with Gasteiger partial charge in [0, 0.05) is 24.4 Å². The summed E-state index contributed by atoms with van der Waals surface area (Å²) in [6.07, 6.45) is 19.5. The van der Waals surface area contributed by atoms with Gasteiger partial charge in [-0.15, -0.1) is 6.42 Å². The van der Waals surface area contributed by atoms with Crippen molar-refractivity contribution in [3.05, 3.63) is 41.7 Å². The summed E-state index contributed by atoms with van der Waals surface area (Å²) in [6, 6.07) is 3.74. The Morgan fingerprint density at radius 2 is 1.97 bits per heavy atom. The number of pyridine rings is 1. The minimum Gasteiger partial charge on any atom is -0.385 e. The summed E-state index contributed by atoms with van der Waals surface area (Å²) in [6.45, 7) is 5.04. The summed E-state index contributed by atoms with van der Waals surface area (Å²) in [5, 5.41) is 18.3. The first-order chi connectivity index (χ1) is 16.8. The number of nitrogens with one attached hydrogen (secondary N) is 1. The normalized spacial score (nSPS) is 39.0. The third-order valence-electron chi connectivity index (χ3n) is 9.98. The maximum absolute atomic E-state index is 12.1. The second-order valence-electron chi connectivity index (χ2n) is 11.5. The van der Waals surface area contributed by atoms with Crippen LogP contribution < -0.4 is 5.32 Å². The molecule has 1 heterocycles. The molecule has 1 aromatic rings. The summed E-state index contributed by atoms with van der Waals surface area (Å²) in [5.74, 6) is 4.34. The van der Waals surface area contributed by atoms with E-state index in [-0.39, 0.29) is 23.3 Å². The van der Waals surface area contributed by atoms with E-state index >= 15 is 0 Å². The molecule has 0 aliphatic heterocycles. The van der Waals surface area contributed by atoms with E-state index in [1.165, 1.54) is 5.57 Å². The molecule has 1 aromatic heterocycles. The predicted molar refractivity (Wildman–Crippen MR) is 135 cm³/mol. The van der Waals surface area contributed by atoms with Crippen LogP contribution in [0.4, 0.5) is 0 Å². The van der Waals surface area contributed by atoms with Crippen molar-refractivity contribution in [2.75, 3.05) is 6.61 Å². The summed E-state index contributed by atoms with van der Waals surface area (Å²) in [5.41, 5.74) is 2.46. The first-order valence-corrected chi connectivity index (χ1v) is 13.0. The summed E-state index contributed by atoms with van der Waals surface area (Å²) in [7, 11) is 0. The molecule has 0 saturated heterocycles. The lowest BCUT2D eigenvalue weighted by atomic mass is 9.46. The Morgan fingerprint density at radius 1 is 1.20 bits per heavy atom. The quantitative estimate of drug-likeness (QED) is 0.488. The zero-order valence-electron chi connectivity index (χ0n) is 20.9. The molecule has 0 spiro atoms. The number of hydrogen-bond donors (Lipinski definition) is 2. The smallest absolute Gasteiger partial charge is 0.261 e. The Balaban J connectivity index is 1.21. The van der Waals surface area contributed by atoms with Gasteiger partial charge in [-0.05, 0) is 98.3 Å². The number of allylic oxidation sites excluding steroid dienone is 2. The topological polar surface area (TPSA) is 83.8 Å². The molecule has 3 fully saturated rings. The van der Waals surface area contributed by atoms with Crippen LogP contribution in [0.5, 0.6) is 0 Å². The summed E-state index contributed by atoms with van der Waals surface area (Å²) < 4.78 is 0. The monoisotopic (exact) mass is 475 g/mol. The molecule has 2 N–H and O–H groups in total. The van der Waals surface area contributed by atoms with Gasteiger partial charge in [-0.3, -0.25) is 9.78 Å². The third-order valence-corrected chi connectivity index (χ3v) is 9.98. The van der Waals surface area contributed by atoms with Crippen molar-refractivity contribution in [2.24, 2.45) is 33.7 Å². The molecule has 0 bridgehead atoms. The predicted octanol–water partition coefficient (Wildman–Crippen LogP) is 4.40. The second-order valence-corrected chi connectivity index (χ2v) is 11.5. The summed E-state index contributed by atoms with van der Waals surface area (Å²) >= 11 is 0. The lowest BCUT2D eigenvalue weighted by Gasteiger charge is -2.58. The van der Waals surface area contributed by atoms with Gasteiger partial charge in [0.15, 0.2) is 6.61 Å². The molecule has 6 nitrogen and oxygen atoms in total. The maximum Gasteiger partial charge on any atom is 0.261 e. The first-order valence-electron chi connectivity index (χ1n) is 13.0. The highest BCUT2D eigenvalue weighted by Gasteiger charge is 2.63. The molecule has 3 saturated carbocycles. The van der Waals surface area contributed by atoms with Crippen LogP contribution >= 0.6 is 0 Å². The molecule has 35 heavy (non-hydrogen) atoms. The molecule has 4 aliphatic carbocycles. The standard InChI is InChI=1S/C29H37N3O3/c1-4-29(34)14-9-25-23-6-5-21-17-22(7-12-27(21,2)24(23)8-13-28(25,29)3)32-35-19-26(33)31-18-20-10-15-30-16-11-20/h1,10-11,15-17,23-25,34H,5-9,12-14,18-19H2,2-3H3,(H,31,33)/t23-,24+,25+,27-,28-,29+/m0/s1. The SMILES string of the molecule is C#C[C@@]1(O)CC[C@@H]2[C@H]3CCC4=CC(=NOCC(=O)NCc5ccncc5)CC[C@]4(C)[C@@H]3CC[C@@]21C. The largest absolute Gasteiger partial charge is 0.385 e. The average molecular weight is 476 g/mol. The van der Waals surface area contributed by atoms with E-state index in [4.69, 9.17) is 11.3 Å².